The monoisotopic (exact) mass is 343 g/mol. The molecular weight excluding hydrogens is 322 g/mol. The molecule has 4 heteroatoms. The average Bonchev–Trinajstić information content (AvgIpc) is 3.18. The first-order valence-corrected chi connectivity index (χ1v) is 8.88. The van der Waals surface area contributed by atoms with Gasteiger partial charge in [0.25, 0.3) is 0 Å². The number of nitrogens with two attached hydrogens (primary N) is 1. The molecule has 26 heavy (non-hydrogen) atoms. The molecule has 4 aromatic rings. The van der Waals surface area contributed by atoms with Crippen LogP contribution in [0.1, 0.15) is 18.9 Å². The lowest BCUT2D eigenvalue weighted by molar-refractivity contribution is 0.435. The van der Waals surface area contributed by atoms with Crippen LogP contribution in [0, 0.1) is 0 Å². The summed E-state index contributed by atoms with van der Waals surface area (Å²) < 4.78 is 5.57. The Morgan fingerprint density at radius 2 is 1.77 bits per heavy atom. The second-order valence-corrected chi connectivity index (χ2v) is 6.58. The number of pyridine rings is 1. The third-order valence-electron chi connectivity index (χ3n) is 4.71. The molecule has 0 radical (unpaired) electrons. The maximum absolute atomic E-state index is 6.03. The van der Waals surface area contributed by atoms with Crippen molar-refractivity contribution >= 4 is 10.8 Å². The van der Waals surface area contributed by atoms with Gasteiger partial charge in [0.15, 0.2) is 5.76 Å². The Morgan fingerprint density at radius 1 is 0.962 bits per heavy atom. The second-order valence-electron chi connectivity index (χ2n) is 6.58. The van der Waals surface area contributed by atoms with E-state index in [2.05, 4.69) is 53.5 Å². The summed E-state index contributed by atoms with van der Waals surface area (Å²) in [5.41, 5.74) is 10.1. The van der Waals surface area contributed by atoms with Gasteiger partial charge in [0.2, 0.25) is 0 Å². The minimum Gasteiger partial charge on any atom is -0.356 e. The molecule has 0 aliphatic carbocycles. The molecule has 0 saturated carbocycles. The zero-order chi connectivity index (χ0) is 17.9. The zero-order valence-corrected chi connectivity index (χ0v) is 14.7. The van der Waals surface area contributed by atoms with Crippen molar-refractivity contribution in [2.45, 2.75) is 25.8 Å². The highest BCUT2D eigenvalue weighted by Crippen LogP contribution is 2.28. The van der Waals surface area contributed by atoms with E-state index in [4.69, 9.17) is 10.3 Å². The smallest absolute Gasteiger partial charge is 0.167 e. The van der Waals surface area contributed by atoms with Gasteiger partial charge in [0, 0.05) is 41.0 Å². The number of hydrogen-bond donors (Lipinski definition) is 1. The third kappa shape index (κ3) is 3.37. The molecule has 2 aromatic heterocycles. The molecule has 130 valence electrons. The maximum Gasteiger partial charge on any atom is 0.167 e. The minimum atomic E-state index is 0.209. The number of nitrogens with zero attached hydrogens (tertiary/aromatic N) is 2. The van der Waals surface area contributed by atoms with Gasteiger partial charge in [0.05, 0.1) is 0 Å². The van der Waals surface area contributed by atoms with Crippen LogP contribution in [0.2, 0.25) is 0 Å². The molecule has 2 heterocycles. The predicted molar refractivity (Wildman–Crippen MR) is 105 cm³/mol. The standard InChI is InChI=1S/C22H21N3O/c1-2-20(23)11-15-3-5-16(6-4-15)22-13-21(25-26-22)18-7-8-19-14-24-10-9-17(19)12-18/h3-10,12-14,20H,2,11,23H2,1H3/t20-/m1/s1. The van der Waals surface area contributed by atoms with E-state index in [-0.39, 0.29) is 6.04 Å². The number of aromatic nitrogens is 2. The van der Waals surface area contributed by atoms with Crippen molar-refractivity contribution in [2.24, 2.45) is 5.73 Å². The fourth-order valence-electron chi connectivity index (χ4n) is 3.04. The molecule has 2 aromatic carbocycles. The summed E-state index contributed by atoms with van der Waals surface area (Å²) >= 11 is 0. The Balaban J connectivity index is 1.59. The molecule has 0 bridgehead atoms. The van der Waals surface area contributed by atoms with Crippen LogP contribution < -0.4 is 5.73 Å². The lowest BCUT2D eigenvalue weighted by Gasteiger charge is -2.08. The third-order valence-corrected chi connectivity index (χ3v) is 4.71. The molecular formula is C22H21N3O. The van der Waals surface area contributed by atoms with Crippen LogP contribution >= 0.6 is 0 Å². The molecule has 0 aliphatic heterocycles. The van der Waals surface area contributed by atoms with Crippen molar-refractivity contribution in [3.63, 3.8) is 0 Å². The summed E-state index contributed by atoms with van der Waals surface area (Å²) in [6.45, 7) is 2.11. The van der Waals surface area contributed by atoms with Gasteiger partial charge in [0.1, 0.15) is 5.69 Å². The zero-order valence-electron chi connectivity index (χ0n) is 14.7. The van der Waals surface area contributed by atoms with E-state index in [0.717, 1.165) is 46.2 Å². The van der Waals surface area contributed by atoms with Crippen molar-refractivity contribution in [2.75, 3.05) is 0 Å². The summed E-state index contributed by atoms with van der Waals surface area (Å²) in [7, 11) is 0. The molecule has 2 N–H and O–H groups in total. The second kappa shape index (κ2) is 7.10. The van der Waals surface area contributed by atoms with E-state index < -0.39 is 0 Å². The summed E-state index contributed by atoms with van der Waals surface area (Å²) in [5, 5.41) is 6.49. The van der Waals surface area contributed by atoms with Crippen molar-refractivity contribution in [3.8, 4) is 22.6 Å². The summed E-state index contributed by atoms with van der Waals surface area (Å²) in [5.74, 6) is 0.765. The molecule has 1 atom stereocenters. The Kier molecular flexibility index (Phi) is 4.50. The van der Waals surface area contributed by atoms with Crippen LogP contribution in [0.25, 0.3) is 33.4 Å². The highest BCUT2D eigenvalue weighted by molar-refractivity contribution is 5.86. The first kappa shape index (κ1) is 16.5. The molecule has 0 amide bonds. The van der Waals surface area contributed by atoms with E-state index in [1.165, 1.54) is 5.56 Å². The van der Waals surface area contributed by atoms with Gasteiger partial charge in [-0.1, -0.05) is 48.5 Å². The van der Waals surface area contributed by atoms with Crippen LogP contribution in [0.4, 0.5) is 0 Å². The summed E-state index contributed by atoms with van der Waals surface area (Å²) in [6, 6.07) is 18.7. The Hall–Kier alpha value is -2.98. The molecule has 0 fully saturated rings. The van der Waals surface area contributed by atoms with Crippen molar-refractivity contribution in [3.05, 3.63) is 72.6 Å². The lowest BCUT2D eigenvalue weighted by atomic mass is 10.0. The van der Waals surface area contributed by atoms with E-state index >= 15 is 0 Å². The number of hydrogen-bond acceptors (Lipinski definition) is 4. The minimum absolute atomic E-state index is 0.209. The summed E-state index contributed by atoms with van der Waals surface area (Å²) in [4.78, 5) is 4.15. The Morgan fingerprint density at radius 3 is 2.58 bits per heavy atom. The highest BCUT2D eigenvalue weighted by atomic mass is 16.5. The average molecular weight is 343 g/mol. The molecule has 0 spiro atoms. The van der Waals surface area contributed by atoms with E-state index in [1.54, 1.807) is 6.20 Å². The van der Waals surface area contributed by atoms with Crippen LogP contribution in [-0.4, -0.2) is 16.2 Å². The normalized spacial score (nSPS) is 12.4. The predicted octanol–water partition coefficient (Wildman–Crippen LogP) is 4.84. The Labute approximate surface area is 152 Å². The molecule has 0 aliphatic rings. The number of benzene rings is 2. The fourth-order valence-corrected chi connectivity index (χ4v) is 3.04. The maximum atomic E-state index is 6.03. The summed E-state index contributed by atoms with van der Waals surface area (Å²) in [6.07, 6.45) is 5.53. The number of fused-ring (bicyclic) bond motifs is 1. The van der Waals surface area contributed by atoms with E-state index in [0.29, 0.717) is 0 Å². The molecule has 0 saturated heterocycles. The molecule has 4 rings (SSSR count). The quantitative estimate of drug-likeness (QED) is 0.563. The van der Waals surface area contributed by atoms with Crippen molar-refractivity contribution < 1.29 is 4.52 Å². The van der Waals surface area contributed by atoms with Crippen molar-refractivity contribution in [1.29, 1.82) is 0 Å². The van der Waals surface area contributed by atoms with Gasteiger partial charge in [-0.25, -0.2) is 0 Å². The van der Waals surface area contributed by atoms with E-state index in [1.807, 2.05) is 24.4 Å². The SMILES string of the molecule is CC[C@@H](N)Cc1ccc(-c2cc(-c3ccc4cnccc4c3)no2)cc1. The lowest BCUT2D eigenvalue weighted by Crippen LogP contribution is -2.21. The van der Waals surface area contributed by atoms with Gasteiger partial charge in [-0.3, -0.25) is 4.98 Å². The molecule has 4 nitrogen and oxygen atoms in total. The fraction of sp³-hybridized carbons (Fsp3) is 0.182. The topological polar surface area (TPSA) is 64.9 Å². The van der Waals surface area contributed by atoms with Crippen LogP contribution in [0.5, 0.6) is 0 Å². The first-order chi connectivity index (χ1) is 12.7. The van der Waals surface area contributed by atoms with Crippen LogP contribution in [0.3, 0.4) is 0 Å². The van der Waals surface area contributed by atoms with Crippen LogP contribution in [-0.2, 0) is 6.42 Å². The number of rotatable bonds is 5. The Bertz CT molecular complexity index is 1020. The van der Waals surface area contributed by atoms with Gasteiger partial charge in [-0.15, -0.1) is 0 Å². The van der Waals surface area contributed by atoms with Gasteiger partial charge in [-0.2, -0.15) is 0 Å². The van der Waals surface area contributed by atoms with E-state index in [9.17, 15) is 0 Å². The molecule has 0 unspecified atom stereocenters. The largest absolute Gasteiger partial charge is 0.356 e. The van der Waals surface area contributed by atoms with Gasteiger partial charge < -0.3 is 10.3 Å². The van der Waals surface area contributed by atoms with Gasteiger partial charge in [-0.05, 0) is 35.9 Å². The van der Waals surface area contributed by atoms with Gasteiger partial charge >= 0.3 is 0 Å². The highest BCUT2D eigenvalue weighted by Gasteiger charge is 2.10. The first-order valence-electron chi connectivity index (χ1n) is 8.88. The van der Waals surface area contributed by atoms with Crippen molar-refractivity contribution in [1.82, 2.24) is 10.1 Å². The van der Waals surface area contributed by atoms with Crippen LogP contribution in [0.15, 0.2) is 71.5 Å².